The van der Waals surface area contributed by atoms with Crippen LogP contribution >= 0.6 is 0 Å². The number of hydrogen-bond donors (Lipinski definition) is 2. The molecule has 5 nitrogen and oxygen atoms in total. The first-order valence-electron chi connectivity index (χ1n) is 6.92. The molecular weight excluding hydrogens is 288 g/mol. The van der Waals surface area contributed by atoms with Gasteiger partial charge < -0.3 is 10.5 Å². The SMILES string of the molecule is Cc1ccc(NS(=O)(=O)CC2CCCO2)cc1C#CCN. The van der Waals surface area contributed by atoms with Gasteiger partial charge in [0.25, 0.3) is 0 Å². The second-order valence-corrected chi connectivity index (χ2v) is 6.82. The van der Waals surface area contributed by atoms with Gasteiger partial charge in [-0.05, 0) is 37.5 Å². The van der Waals surface area contributed by atoms with Crippen LogP contribution in [0.3, 0.4) is 0 Å². The number of nitrogens with one attached hydrogen (secondary N) is 1. The monoisotopic (exact) mass is 308 g/mol. The number of anilines is 1. The average Bonchev–Trinajstić information content (AvgIpc) is 2.91. The van der Waals surface area contributed by atoms with Gasteiger partial charge in [-0.15, -0.1) is 0 Å². The molecule has 1 aromatic rings. The van der Waals surface area contributed by atoms with Crippen LogP contribution in [-0.4, -0.2) is 33.4 Å². The number of benzene rings is 1. The molecule has 21 heavy (non-hydrogen) atoms. The summed E-state index contributed by atoms with van der Waals surface area (Å²) in [6, 6.07) is 5.30. The maximum absolute atomic E-state index is 12.1. The smallest absolute Gasteiger partial charge is 0.235 e. The molecular formula is C15H20N2O3S. The van der Waals surface area contributed by atoms with E-state index in [0.717, 1.165) is 24.0 Å². The zero-order chi connectivity index (χ0) is 15.3. The molecule has 2 rings (SSSR count). The fraction of sp³-hybridized carbons (Fsp3) is 0.467. The fourth-order valence-electron chi connectivity index (χ4n) is 2.21. The van der Waals surface area contributed by atoms with Crippen LogP contribution in [0.1, 0.15) is 24.0 Å². The Labute approximate surface area is 125 Å². The van der Waals surface area contributed by atoms with E-state index in [1.807, 2.05) is 13.0 Å². The third kappa shape index (κ3) is 4.74. The summed E-state index contributed by atoms with van der Waals surface area (Å²) in [7, 11) is -3.42. The van der Waals surface area contributed by atoms with Gasteiger partial charge in [0, 0.05) is 17.9 Å². The molecule has 1 heterocycles. The number of nitrogens with two attached hydrogens (primary N) is 1. The lowest BCUT2D eigenvalue weighted by molar-refractivity contribution is 0.127. The van der Waals surface area contributed by atoms with E-state index in [4.69, 9.17) is 10.5 Å². The zero-order valence-electron chi connectivity index (χ0n) is 12.1. The van der Waals surface area contributed by atoms with E-state index in [9.17, 15) is 8.42 Å². The molecule has 1 aliphatic rings. The molecule has 114 valence electrons. The molecule has 3 N–H and O–H groups in total. The van der Waals surface area contributed by atoms with Crippen molar-refractivity contribution in [2.75, 3.05) is 23.6 Å². The molecule has 1 fully saturated rings. The van der Waals surface area contributed by atoms with Crippen molar-refractivity contribution in [2.24, 2.45) is 5.73 Å². The number of rotatable bonds is 4. The highest BCUT2D eigenvalue weighted by atomic mass is 32.2. The first-order valence-corrected chi connectivity index (χ1v) is 8.57. The second-order valence-electron chi connectivity index (χ2n) is 5.05. The van der Waals surface area contributed by atoms with Crippen molar-refractivity contribution in [3.8, 4) is 11.8 Å². The lowest BCUT2D eigenvalue weighted by Crippen LogP contribution is -2.25. The quantitative estimate of drug-likeness (QED) is 0.820. The van der Waals surface area contributed by atoms with Crippen molar-refractivity contribution in [2.45, 2.75) is 25.9 Å². The van der Waals surface area contributed by atoms with Crippen LogP contribution < -0.4 is 10.5 Å². The minimum atomic E-state index is -3.42. The number of aryl methyl sites for hydroxylation is 1. The molecule has 0 amide bonds. The molecule has 1 aromatic carbocycles. The van der Waals surface area contributed by atoms with E-state index >= 15 is 0 Å². The van der Waals surface area contributed by atoms with Crippen molar-refractivity contribution >= 4 is 15.7 Å². The van der Waals surface area contributed by atoms with Gasteiger partial charge in [-0.3, -0.25) is 4.72 Å². The van der Waals surface area contributed by atoms with Crippen molar-refractivity contribution in [1.29, 1.82) is 0 Å². The summed E-state index contributed by atoms with van der Waals surface area (Å²) in [5.41, 5.74) is 7.63. The lowest BCUT2D eigenvalue weighted by atomic mass is 10.1. The molecule has 1 aliphatic heterocycles. The van der Waals surface area contributed by atoms with Crippen LogP contribution in [0.2, 0.25) is 0 Å². The van der Waals surface area contributed by atoms with Crippen LogP contribution in [0.4, 0.5) is 5.69 Å². The van der Waals surface area contributed by atoms with Gasteiger partial charge in [0.15, 0.2) is 0 Å². The molecule has 1 saturated heterocycles. The van der Waals surface area contributed by atoms with Crippen LogP contribution in [0.25, 0.3) is 0 Å². The van der Waals surface area contributed by atoms with Crippen molar-refractivity contribution < 1.29 is 13.2 Å². The Morgan fingerprint density at radius 1 is 1.48 bits per heavy atom. The summed E-state index contributed by atoms with van der Waals surface area (Å²) >= 11 is 0. The van der Waals surface area contributed by atoms with Gasteiger partial charge in [0.1, 0.15) is 0 Å². The Bertz CT molecular complexity index is 653. The van der Waals surface area contributed by atoms with E-state index in [1.54, 1.807) is 12.1 Å². The van der Waals surface area contributed by atoms with Gasteiger partial charge in [0.2, 0.25) is 10.0 Å². The Hall–Kier alpha value is -1.55. The normalized spacial score (nSPS) is 18.1. The van der Waals surface area contributed by atoms with Gasteiger partial charge >= 0.3 is 0 Å². The molecule has 0 bridgehead atoms. The predicted octanol–water partition coefficient (Wildman–Crippen LogP) is 1.23. The first-order chi connectivity index (χ1) is 10.00. The lowest BCUT2D eigenvalue weighted by Gasteiger charge is -2.12. The Morgan fingerprint density at radius 3 is 2.95 bits per heavy atom. The number of hydrogen-bond acceptors (Lipinski definition) is 4. The third-order valence-electron chi connectivity index (χ3n) is 3.27. The van der Waals surface area contributed by atoms with Crippen molar-refractivity contribution in [1.82, 2.24) is 0 Å². The molecule has 1 unspecified atom stereocenters. The molecule has 0 saturated carbocycles. The fourth-order valence-corrected chi connectivity index (χ4v) is 3.53. The average molecular weight is 308 g/mol. The van der Waals surface area contributed by atoms with E-state index in [0.29, 0.717) is 12.3 Å². The molecule has 6 heteroatoms. The highest BCUT2D eigenvalue weighted by molar-refractivity contribution is 7.92. The highest BCUT2D eigenvalue weighted by Gasteiger charge is 2.23. The maximum Gasteiger partial charge on any atom is 0.235 e. The maximum atomic E-state index is 12.1. The van der Waals surface area contributed by atoms with Crippen LogP contribution in [0, 0.1) is 18.8 Å². The van der Waals surface area contributed by atoms with E-state index in [1.165, 1.54) is 0 Å². The number of sulfonamides is 1. The van der Waals surface area contributed by atoms with Gasteiger partial charge in [0.05, 0.1) is 18.4 Å². The Balaban J connectivity index is 2.11. The van der Waals surface area contributed by atoms with E-state index < -0.39 is 10.0 Å². The van der Waals surface area contributed by atoms with Crippen molar-refractivity contribution in [3.05, 3.63) is 29.3 Å². The van der Waals surface area contributed by atoms with E-state index in [2.05, 4.69) is 16.6 Å². The zero-order valence-corrected chi connectivity index (χ0v) is 12.9. The summed E-state index contributed by atoms with van der Waals surface area (Å²) in [5.74, 6) is 5.70. The second kappa shape index (κ2) is 6.94. The highest BCUT2D eigenvalue weighted by Crippen LogP contribution is 2.18. The molecule has 0 spiro atoms. The summed E-state index contributed by atoms with van der Waals surface area (Å²) < 4.78 is 32.2. The molecule has 1 atom stereocenters. The summed E-state index contributed by atoms with van der Waals surface area (Å²) in [6.45, 7) is 2.84. The molecule has 0 radical (unpaired) electrons. The molecule has 0 aromatic heterocycles. The van der Waals surface area contributed by atoms with Gasteiger partial charge in [-0.1, -0.05) is 17.9 Å². The van der Waals surface area contributed by atoms with Crippen LogP contribution in [0.15, 0.2) is 18.2 Å². The van der Waals surface area contributed by atoms with Crippen LogP contribution in [0.5, 0.6) is 0 Å². The van der Waals surface area contributed by atoms with Gasteiger partial charge in [-0.2, -0.15) is 0 Å². The summed E-state index contributed by atoms with van der Waals surface area (Å²) in [5, 5.41) is 0. The summed E-state index contributed by atoms with van der Waals surface area (Å²) in [4.78, 5) is 0. The van der Waals surface area contributed by atoms with Gasteiger partial charge in [-0.25, -0.2) is 8.42 Å². The third-order valence-corrected chi connectivity index (χ3v) is 4.62. The van der Waals surface area contributed by atoms with Crippen LogP contribution in [-0.2, 0) is 14.8 Å². The topological polar surface area (TPSA) is 81.4 Å². The minimum absolute atomic E-state index is 0.00924. The minimum Gasteiger partial charge on any atom is -0.377 e. The first kappa shape index (κ1) is 15.8. The largest absolute Gasteiger partial charge is 0.377 e. The predicted molar refractivity (Wildman–Crippen MR) is 83.5 cm³/mol. The van der Waals surface area contributed by atoms with E-state index in [-0.39, 0.29) is 18.4 Å². The number of ether oxygens (including phenoxy) is 1. The standard InChI is InChI=1S/C15H20N2O3S/c1-12-6-7-14(10-13(12)4-2-8-16)17-21(18,19)11-15-5-3-9-20-15/h6-7,10,15,17H,3,5,8-9,11,16H2,1H3. The van der Waals surface area contributed by atoms with Crippen molar-refractivity contribution in [3.63, 3.8) is 0 Å². The Morgan fingerprint density at radius 2 is 2.29 bits per heavy atom. The molecule has 0 aliphatic carbocycles. The summed E-state index contributed by atoms with van der Waals surface area (Å²) in [6.07, 6.45) is 1.51. The Kier molecular flexibility index (Phi) is 5.23.